The van der Waals surface area contributed by atoms with Crippen LogP contribution < -0.4 is 10.1 Å². The van der Waals surface area contributed by atoms with Gasteiger partial charge in [0.25, 0.3) is 5.91 Å². The van der Waals surface area contributed by atoms with E-state index in [0.717, 1.165) is 29.5 Å². The zero-order valence-corrected chi connectivity index (χ0v) is 11.5. The van der Waals surface area contributed by atoms with Crippen LogP contribution in [0.2, 0.25) is 0 Å². The van der Waals surface area contributed by atoms with E-state index in [-0.39, 0.29) is 5.56 Å². The van der Waals surface area contributed by atoms with E-state index >= 15 is 0 Å². The van der Waals surface area contributed by atoms with Gasteiger partial charge in [0.05, 0.1) is 12.7 Å². The van der Waals surface area contributed by atoms with Crippen LogP contribution in [0.3, 0.4) is 0 Å². The number of halogens is 2. The van der Waals surface area contributed by atoms with E-state index < -0.39 is 17.5 Å². The van der Waals surface area contributed by atoms with Gasteiger partial charge in [-0.05, 0) is 36.2 Å². The molecule has 5 heteroatoms. The van der Waals surface area contributed by atoms with Crippen molar-refractivity contribution in [3.8, 4) is 5.75 Å². The van der Waals surface area contributed by atoms with E-state index in [2.05, 4.69) is 5.32 Å². The summed E-state index contributed by atoms with van der Waals surface area (Å²) in [4.78, 5) is 11.8. The Hall–Kier alpha value is -2.43. The highest BCUT2D eigenvalue weighted by Crippen LogP contribution is 2.17. The summed E-state index contributed by atoms with van der Waals surface area (Å²) in [7, 11) is 1.57. The molecule has 110 valence electrons. The van der Waals surface area contributed by atoms with Gasteiger partial charge in [-0.3, -0.25) is 4.79 Å². The molecule has 3 nitrogen and oxygen atoms in total. The molecule has 0 heterocycles. The smallest absolute Gasteiger partial charge is 0.254 e. The molecule has 1 N–H and O–H groups in total. The van der Waals surface area contributed by atoms with Crippen molar-refractivity contribution in [3.05, 3.63) is 65.2 Å². The average molecular weight is 291 g/mol. The molecular weight excluding hydrogens is 276 g/mol. The first-order valence-electron chi connectivity index (χ1n) is 6.47. The summed E-state index contributed by atoms with van der Waals surface area (Å²) in [5.41, 5.74) is 0.634. The van der Waals surface area contributed by atoms with Crippen LogP contribution in [0.25, 0.3) is 0 Å². The van der Waals surface area contributed by atoms with Crippen molar-refractivity contribution in [3.63, 3.8) is 0 Å². The van der Waals surface area contributed by atoms with Crippen LogP contribution in [0.15, 0.2) is 42.5 Å². The molecule has 0 unspecified atom stereocenters. The number of para-hydroxylation sites is 1. The molecule has 21 heavy (non-hydrogen) atoms. The topological polar surface area (TPSA) is 38.3 Å². The van der Waals surface area contributed by atoms with Crippen molar-refractivity contribution in [1.29, 1.82) is 0 Å². The van der Waals surface area contributed by atoms with Gasteiger partial charge in [-0.15, -0.1) is 0 Å². The number of nitrogens with one attached hydrogen (secondary N) is 1. The lowest BCUT2D eigenvalue weighted by Gasteiger charge is -2.09. The molecule has 0 saturated carbocycles. The predicted octanol–water partition coefficient (Wildman–Crippen LogP) is 2.95. The van der Waals surface area contributed by atoms with Gasteiger partial charge in [0.1, 0.15) is 17.4 Å². The first-order valence-corrected chi connectivity index (χ1v) is 6.47. The maximum atomic E-state index is 13.4. The lowest BCUT2D eigenvalue weighted by atomic mass is 10.1. The number of hydrogen-bond donors (Lipinski definition) is 1. The molecule has 0 aliphatic heterocycles. The molecule has 0 bridgehead atoms. The fraction of sp³-hybridized carbons (Fsp3) is 0.188. The molecule has 0 spiro atoms. The Balaban J connectivity index is 1.97. The third kappa shape index (κ3) is 3.78. The molecule has 0 saturated heterocycles. The van der Waals surface area contributed by atoms with Crippen LogP contribution >= 0.6 is 0 Å². The standard InChI is InChI=1S/C16H15F2NO2/c1-21-15-5-3-2-4-11(15)8-9-19-16(20)13-10-12(17)6-7-14(13)18/h2-7,10H,8-9H2,1H3,(H,19,20). The largest absolute Gasteiger partial charge is 0.496 e. The maximum Gasteiger partial charge on any atom is 0.254 e. The van der Waals surface area contributed by atoms with Gasteiger partial charge >= 0.3 is 0 Å². The lowest BCUT2D eigenvalue weighted by molar-refractivity contribution is 0.0949. The highest BCUT2D eigenvalue weighted by atomic mass is 19.1. The zero-order valence-electron chi connectivity index (χ0n) is 11.5. The van der Waals surface area contributed by atoms with Crippen molar-refractivity contribution in [1.82, 2.24) is 5.32 Å². The molecule has 2 aromatic rings. The van der Waals surface area contributed by atoms with Gasteiger partial charge in [-0.1, -0.05) is 18.2 Å². The minimum absolute atomic E-state index is 0.296. The fourth-order valence-electron chi connectivity index (χ4n) is 1.99. The Morgan fingerprint density at radius 3 is 2.71 bits per heavy atom. The Labute approximate surface area is 121 Å². The molecule has 0 fully saturated rings. The monoisotopic (exact) mass is 291 g/mol. The van der Waals surface area contributed by atoms with Crippen molar-refractivity contribution >= 4 is 5.91 Å². The number of methoxy groups -OCH3 is 1. The van der Waals surface area contributed by atoms with Crippen molar-refractivity contribution in [2.75, 3.05) is 13.7 Å². The summed E-state index contributed by atoms with van der Waals surface area (Å²) in [6.07, 6.45) is 0.534. The quantitative estimate of drug-likeness (QED) is 0.920. The predicted molar refractivity (Wildman–Crippen MR) is 75.4 cm³/mol. The number of ether oxygens (including phenoxy) is 1. The zero-order chi connectivity index (χ0) is 15.2. The Morgan fingerprint density at radius 2 is 1.95 bits per heavy atom. The summed E-state index contributed by atoms with van der Waals surface area (Å²) >= 11 is 0. The van der Waals surface area contributed by atoms with Crippen molar-refractivity contribution in [2.45, 2.75) is 6.42 Å². The number of carbonyl (C=O) groups excluding carboxylic acids is 1. The van der Waals surface area contributed by atoms with Crippen molar-refractivity contribution in [2.24, 2.45) is 0 Å². The van der Waals surface area contributed by atoms with Gasteiger partial charge in [0, 0.05) is 6.54 Å². The molecule has 0 aliphatic carbocycles. The normalized spacial score (nSPS) is 10.2. The third-order valence-electron chi connectivity index (χ3n) is 3.05. The van der Waals surface area contributed by atoms with Gasteiger partial charge in [0.15, 0.2) is 0 Å². The van der Waals surface area contributed by atoms with Crippen LogP contribution in [0.4, 0.5) is 8.78 Å². The van der Waals surface area contributed by atoms with E-state index in [9.17, 15) is 13.6 Å². The number of benzene rings is 2. The second kappa shape index (κ2) is 6.83. The molecule has 0 aromatic heterocycles. The Morgan fingerprint density at radius 1 is 1.19 bits per heavy atom. The number of rotatable bonds is 5. The van der Waals surface area contributed by atoms with Gasteiger partial charge < -0.3 is 10.1 Å². The van der Waals surface area contributed by atoms with E-state index in [1.807, 2.05) is 24.3 Å². The van der Waals surface area contributed by atoms with Gasteiger partial charge in [-0.2, -0.15) is 0 Å². The Kier molecular flexibility index (Phi) is 4.87. The summed E-state index contributed by atoms with van der Waals surface area (Å²) < 4.78 is 31.7. The van der Waals surface area contributed by atoms with Crippen molar-refractivity contribution < 1.29 is 18.3 Å². The summed E-state index contributed by atoms with van der Waals surface area (Å²) in [5, 5.41) is 2.57. The molecule has 1 amide bonds. The van der Waals surface area contributed by atoms with Crippen LogP contribution in [0.1, 0.15) is 15.9 Å². The molecule has 2 rings (SSSR count). The molecular formula is C16H15F2NO2. The molecule has 0 radical (unpaired) electrons. The van der Waals surface area contributed by atoms with Crippen LogP contribution in [0, 0.1) is 11.6 Å². The second-order valence-electron chi connectivity index (χ2n) is 4.44. The number of amides is 1. The minimum atomic E-state index is -0.744. The van der Waals surface area contributed by atoms with Gasteiger partial charge in [-0.25, -0.2) is 8.78 Å². The Bertz CT molecular complexity index is 644. The summed E-state index contributed by atoms with van der Waals surface area (Å²) in [5.74, 6) is -1.30. The third-order valence-corrected chi connectivity index (χ3v) is 3.05. The van der Waals surface area contributed by atoms with E-state index in [4.69, 9.17) is 4.74 Å². The minimum Gasteiger partial charge on any atom is -0.496 e. The average Bonchev–Trinajstić information content (AvgIpc) is 2.50. The molecule has 2 aromatic carbocycles. The maximum absolute atomic E-state index is 13.4. The van der Waals surface area contributed by atoms with E-state index in [0.29, 0.717) is 13.0 Å². The SMILES string of the molecule is COc1ccccc1CCNC(=O)c1cc(F)ccc1F. The molecule has 0 atom stereocenters. The molecule has 0 aliphatic rings. The highest BCUT2D eigenvalue weighted by molar-refractivity contribution is 5.94. The fourth-order valence-corrected chi connectivity index (χ4v) is 1.99. The first kappa shape index (κ1) is 15.0. The number of hydrogen-bond acceptors (Lipinski definition) is 2. The highest BCUT2D eigenvalue weighted by Gasteiger charge is 2.12. The van der Waals surface area contributed by atoms with Crippen LogP contribution in [-0.4, -0.2) is 19.6 Å². The van der Waals surface area contributed by atoms with Crippen LogP contribution in [0.5, 0.6) is 5.75 Å². The van der Waals surface area contributed by atoms with Gasteiger partial charge in [0.2, 0.25) is 0 Å². The summed E-state index contributed by atoms with van der Waals surface area (Å²) in [6.45, 7) is 0.301. The number of carbonyl (C=O) groups is 1. The summed E-state index contributed by atoms with van der Waals surface area (Å²) in [6, 6.07) is 10.2. The second-order valence-corrected chi connectivity index (χ2v) is 4.44. The lowest BCUT2D eigenvalue weighted by Crippen LogP contribution is -2.26. The first-order chi connectivity index (χ1) is 10.1. The van der Waals surface area contributed by atoms with E-state index in [1.165, 1.54) is 0 Å². The van der Waals surface area contributed by atoms with Crippen LogP contribution in [-0.2, 0) is 6.42 Å². The van der Waals surface area contributed by atoms with E-state index in [1.54, 1.807) is 7.11 Å².